The Labute approximate surface area is 170 Å². The van der Waals surface area contributed by atoms with E-state index < -0.39 is 0 Å². The van der Waals surface area contributed by atoms with Gasteiger partial charge < -0.3 is 10.2 Å². The van der Waals surface area contributed by atoms with Crippen LogP contribution in [-0.4, -0.2) is 49.3 Å². The fourth-order valence-corrected chi connectivity index (χ4v) is 4.08. The maximum atomic E-state index is 12.7. The van der Waals surface area contributed by atoms with Crippen molar-refractivity contribution in [3.05, 3.63) is 64.7 Å². The molecule has 4 rings (SSSR count). The van der Waals surface area contributed by atoms with Gasteiger partial charge in [-0.05, 0) is 30.2 Å². The van der Waals surface area contributed by atoms with Crippen molar-refractivity contribution in [2.75, 3.05) is 37.6 Å². The molecule has 0 radical (unpaired) electrons. The Hall–Kier alpha value is -2.37. The molecule has 2 aliphatic rings. The molecule has 2 heterocycles. The Bertz CT molecular complexity index is 860. The van der Waals surface area contributed by atoms with Gasteiger partial charge in [0.2, 0.25) is 5.91 Å². The maximum absolute atomic E-state index is 12.7. The average Bonchev–Trinajstić information content (AvgIpc) is 3.15. The summed E-state index contributed by atoms with van der Waals surface area (Å²) in [6.07, 6.45) is 1.40. The zero-order chi connectivity index (χ0) is 19.5. The molecule has 146 valence electrons. The van der Waals surface area contributed by atoms with Crippen LogP contribution in [0, 0.1) is 0 Å². The number of benzene rings is 2. The summed E-state index contributed by atoms with van der Waals surface area (Å²) in [4.78, 5) is 28.5. The van der Waals surface area contributed by atoms with Crippen molar-refractivity contribution < 1.29 is 9.59 Å². The predicted octanol–water partition coefficient (Wildman–Crippen LogP) is 3.30. The molecule has 0 aliphatic carbocycles. The summed E-state index contributed by atoms with van der Waals surface area (Å²) < 4.78 is 0. The van der Waals surface area contributed by atoms with Crippen LogP contribution in [0.5, 0.6) is 0 Å². The molecule has 2 fully saturated rings. The zero-order valence-electron chi connectivity index (χ0n) is 15.7. The molecule has 1 atom stereocenters. The van der Waals surface area contributed by atoms with E-state index in [9.17, 15) is 9.59 Å². The number of piperazine rings is 1. The van der Waals surface area contributed by atoms with E-state index in [1.807, 2.05) is 42.5 Å². The molecule has 5 nitrogen and oxygen atoms in total. The number of nitrogens with one attached hydrogen (secondary N) is 1. The molecule has 0 saturated carbocycles. The molecule has 2 aromatic carbocycles. The molecule has 0 aromatic heterocycles. The van der Waals surface area contributed by atoms with Gasteiger partial charge in [0.05, 0.1) is 12.6 Å². The van der Waals surface area contributed by atoms with Crippen molar-refractivity contribution in [3.8, 4) is 0 Å². The molecular formula is C22H24ClN3O2. The first-order valence-corrected chi connectivity index (χ1v) is 10.1. The normalized spacial score (nSPS) is 20.2. The summed E-state index contributed by atoms with van der Waals surface area (Å²) in [5.74, 6) is 0.236. The lowest BCUT2D eigenvalue weighted by molar-refractivity contribution is -0.119. The SMILES string of the molecule is O=C1CCC(c2ccc(C(=O)CN3CCN(c4cccc(Cl)c4)CC3)cc2)N1. The number of amides is 1. The minimum atomic E-state index is 0.0798. The molecule has 1 unspecified atom stereocenters. The van der Waals surface area contributed by atoms with Gasteiger partial charge in [-0.3, -0.25) is 14.5 Å². The molecule has 2 saturated heterocycles. The van der Waals surface area contributed by atoms with Crippen LogP contribution in [0.3, 0.4) is 0 Å². The quantitative estimate of drug-likeness (QED) is 0.786. The number of anilines is 1. The molecule has 2 aliphatic heterocycles. The van der Waals surface area contributed by atoms with Gasteiger partial charge in [-0.2, -0.15) is 0 Å². The van der Waals surface area contributed by atoms with Crippen LogP contribution in [-0.2, 0) is 4.79 Å². The number of ketones is 1. The second kappa shape index (κ2) is 8.33. The van der Waals surface area contributed by atoms with E-state index >= 15 is 0 Å². The highest BCUT2D eigenvalue weighted by Crippen LogP contribution is 2.24. The van der Waals surface area contributed by atoms with E-state index in [4.69, 9.17) is 11.6 Å². The lowest BCUT2D eigenvalue weighted by atomic mass is 10.0. The zero-order valence-corrected chi connectivity index (χ0v) is 16.5. The second-order valence-electron chi connectivity index (χ2n) is 7.45. The van der Waals surface area contributed by atoms with Crippen molar-refractivity contribution in [2.24, 2.45) is 0 Å². The molecule has 0 spiro atoms. The highest BCUT2D eigenvalue weighted by molar-refractivity contribution is 6.30. The smallest absolute Gasteiger partial charge is 0.220 e. The van der Waals surface area contributed by atoms with Gasteiger partial charge in [0, 0.05) is 48.9 Å². The number of hydrogen-bond donors (Lipinski definition) is 1. The lowest BCUT2D eigenvalue weighted by Gasteiger charge is -2.35. The number of halogens is 1. The van der Waals surface area contributed by atoms with Crippen LogP contribution in [0.15, 0.2) is 48.5 Å². The number of rotatable bonds is 5. The summed E-state index contributed by atoms with van der Waals surface area (Å²) in [6.45, 7) is 3.90. The van der Waals surface area contributed by atoms with Gasteiger partial charge in [-0.25, -0.2) is 0 Å². The first kappa shape index (κ1) is 19.0. The highest BCUT2D eigenvalue weighted by atomic mass is 35.5. The first-order valence-electron chi connectivity index (χ1n) is 9.74. The van der Waals surface area contributed by atoms with E-state index in [0.717, 1.165) is 54.4 Å². The monoisotopic (exact) mass is 397 g/mol. The number of nitrogens with zero attached hydrogens (tertiary/aromatic N) is 2. The third-order valence-corrected chi connectivity index (χ3v) is 5.78. The Morgan fingerprint density at radius 2 is 1.82 bits per heavy atom. The average molecular weight is 398 g/mol. The Balaban J connectivity index is 1.30. The fourth-order valence-electron chi connectivity index (χ4n) is 3.90. The van der Waals surface area contributed by atoms with Gasteiger partial charge in [0.15, 0.2) is 5.78 Å². The topological polar surface area (TPSA) is 52.7 Å². The molecule has 6 heteroatoms. The van der Waals surface area contributed by atoms with Gasteiger partial charge in [-0.15, -0.1) is 0 Å². The third-order valence-electron chi connectivity index (χ3n) is 5.54. The molecule has 1 amide bonds. The lowest BCUT2D eigenvalue weighted by Crippen LogP contribution is -2.48. The summed E-state index contributed by atoms with van der Waals surface area (Å²) in [7, 11) is 0. The van der Waals surface area contributed by atoms with Crippen LogP contribution in [0.2, 0.25) is 5.02 Å². The molecule has 1 N–H and O–H groups in total. The van der Waals surface area contributed by atoms with E-state index in [2.05, 4.69) is 21.2 Å². The van der Waals surface area contributed by atoms with E-state index in [-0.39, 0.29) is 17.7 Å². The van der Waals surface area contributed by atoms with Crippen LogP contribution >= 0.6 is 11.6 Å². The van der Waals surface area contributed by atoms with Crippen LogP contribution in [0.1, 0.15) is 34.8 Å². The molecule has 28 heavy (non-hydrogen) atoms. The summed E-state index contributed by atoms with van der Waals surface area (Å²) in [5.41, 5.74) is 2.93. The number of carbonyl (C=O) groups excluding carboxylic acids is 2. The standard InChI is InChI=1S/C22H24ClN3O2/c23-18-2-1-3-19(14-18)26-12-10-25(11-13-26)15-21(27)17-6-4-16(5-7-17)20-8-9-22(28)24-20/h1-7,14,20H,8-13,15H2,(H,24,28). The predicted molar refractivity (Wildman–Crippen MR) is 111 cm³/mol. The van der Waals surface area contributed by atoms with Crippen molar-refractivity contribution in [1.29, 1.82) is 0 Å². The highest BCUT2D eigenvalue weighted by Gasteiger charge is 2.23. The maximum Gasteiger partial charge on any atom is 0.220 e. The van der Waals surface area contributed by atoms with Crippen molar-refractivity contribution >= 4 is 29.0 Å². The first-order chi connectivity index (χ1) is 13.6. The minimum absolute atomic E-state index is 0.0798. The van der Waals surface area contributed by atoms with Crippen molar-refractivity contribution in [3.63, 3.8) is 0 Å². The Morgan fingerprint density at radius 1 is 1.07 bits per heavy atom. The molecule has 2 aromatic rings. The van der Waals surface area contributed by atoms with Crippen molar-refractivity contribution in [1.82, 2.24) is 10.2 Å². The third kappa shape index (κ3) is 4.37. The van der Waals surface area contributed by atoms with Gasteiger partial charge in [-0.1, -0.05) is 41.9 Å². The number of Topliss-reactive ketones (excluding diaryl/α,β-unsaturated/α-hetero) is 1. The largest absolute Gasteiger partial charge is 0.369 e. The molecule has 0 bridgehead atoms. The summed E-state index contributed by atoms with van der Waals surface area (Å²) in [5, 5.41) is 3.71. The van der Waals surface area contributed by atoms with Gasteiger partial charge >= 0.3 is 0 Å². The fraction of sp³-hybridized carbons (Fsp3) is 0.364. The number of carbonyl (C=O) groups is 2. The summed E-state index contributed by atoms with van der Waals surface area (Å²) in [6, 6.07) is 15.7. The van der Waals surface area contributed by atoms with E-state index in [0.29, 0.717) is 13.0 Å². The Morgan fingerprint density at radius 3 is 2.46 bits per heavy atom. The molecular weight excluding hydrogens is 374 g/mol. The van der Waals surface area contributed by atoms with Gasteiger partial charge in [0.25, 0.3) is 0 Å². The van der Waals surface area contributed by atoms with Crippen LogP contribution in [0.4, 0.5) is 5.69 Å². The van der Waals surface area contributed by atoms with E-state index in [1.54, 1.807) is 0 Å². The second-order valence-corrected chi connectivity index (χ2v) is 7.88. The van der Waals surface area contributed by atoms with Crippen LogP contribution in [0.25, 0.3) is 0 Å². The van der Waals surface area contributed by atoms with E-state index in [1.165, 1.54) is 0 Å². The number of hydrogen-bond acceptors (Lipinski definition) is 4. The van der Waals surface area contributed by atoms with Gasteiger partial charge in [0.1, 0.15) is 0 Å². The van der Waals surface area contributed by atoms with Crippen LogP contribution < -0.4 is 10.2 Å². The minimum Gasteiger partial charge on any atom is -0.369 e. The van der Waals surface area contributed by atoms with Crippen molar-refractivity contribution in [2.45, 2.75) is 18.9 Å². The Kier molecular flexibility index (Phi) is 5.64. The summed E-state index contributed by atoms with van der Waals surface area (Å²) >= 11 is 6.09.